The smallest absolute Gasteiger partial charge is 0.0901 e. The minimum absolute atomic E-state index is 0.121. The maximum atomic E-state index is 6.05. The van der Waals surface area contributed by atoms with Gasteiger partial charge in [-0.15, -0.1) is 5.10 Å². The largest absolute Gasteiger partial charge is 0.378 e. The van der Waals surface area contributed by atoms with Gasteiger partial charge in [-0.3, -0.25) is 5.10 Å². The van der Waals surface area contributed by atoms with Gasteiger partial charge in [0.05, 0.1) is 11.8 Å². The molecule has 4 nitrogen and oxygen atoms in total. The van der Waals surface area contributed by atoms with Crippen molar-refractivity contribution in [2.75, 3.05) is 6.61 Å². The summed E-state index contributed by atoms with van der Waals surface area (Å²) in [6.45, 7) is 3.24. The fourth-order valence-corrected chi connectivity index (χ4v) is 3.90. The van der Waals surface area contributed by atoms with Gasteiger partial charge in [0.1, 0.15) is 0 Å². The molecule has 0 aromatic carbocycles. The molecule has 0 saturated heterocycles. The number of allylic oxidation sites excluding steroid dienone is 4. The molecule has 2 atom stereocenters. The second-order valence-electron chi connectivity index (χ2n) is 7.21. The van der Waals surface area contributed by atoms with E-state index in [-0.39, 0.29) is 5.41 Å². The van der Waals surface area contributed by atoms with Gasteiger partial charge in [0.15, 0.2) is 0 Å². The van der Waals surface area contributed by atoms with E-state index in [0.29, 0.717) is 12.0 Å². The molecule has 4 heteroatoms. The van der Waals surface area contributed by atoms with Crippen molar-refractivity contribution in [3.05, 3.63) is 36.2 Å². The molecule has 2 unspecified atom stereocenters. The van der Waals surface area contributed by atoms with Crippen LogP contribution in [0.1, 0.15) is 69.9 Å². The van der Waals surface area contributed by atoms with Gasteiger partial charge in [-0.05, 0) is 31.1 Å². The lowest BCUT2D eigenvalue weighted by Gasteiger charge is -2.34. The predicted molar refractivity (Wildman–Crippen MR) is 92.2 cm³/mol. The Kier molecular flexibility index (Phi) is 5.65. The number of nitrogens with zero attached hydrogens (tertiary/aromatic N) is 2. The Morgan fingerprint density at radius 3 is 2.87 bits per heavy atom. The third kappa shape index (κ3) is 4.31. The molecule has 23 heavy (non-hydrogen) atoms. The molecule has 3 rings (SSSR count). The first kappa shape index (κ1) is 16.4. The first-order valence-electron chi connectivity index (χ1n) is 9.12. The molecule has 1 fully saturated rings. The molecule has 1 aromatic rings. The lowest BCUT2D eigenvalue weighted by Crippen LogP contribution is -2.24. The van der Waals surface area contributed by atoms with Crippen molar-refractivity contribution in [1.29, 1.82) is 0 Å². The summed E-state index contributed by atoms with van der Waals surface area (Å²) in [4.78, 5) is 0. The van der Waals surface area contributed by atoms with Crippen molar-refractivity contribution in [2.24, 2.45) is 5.41 Å². The van der Waals surface area contributed by atoms with Crippen molar-refractivity contribution in [1.82, 2.24) is 15.4 Å². The van der Waals surface area contributed by atoms with Crippen LogP contribution >= 0.6 is 0 Å². The van der Waals surface area contributed by atoms with Crippen LogP contribution in [0.15, 0.2) is 30.5 Å². The van der Waals surface area contributed by atoms with Gasteiger partial charge in [0.2, 0.25) is 0 Å². The Morgan fingerprint density at radius 2 is 2.09 bits per heavy atom. The average Bonchev–Trinajstić information content (AvgIpc) is 3.10. The SMILES string of the molecule is CC1(CCCCOC2CCCCC2)C=CC=CC1c1c[nH]nn1. The summed E-state index contributed by atoms with van der Waals surface area (Å²) in [6.07, 6.45) is 21.4. The highest BCUT2D eigenvalue weighted by molar-refractivity contribution is 5.28. The lowest BCUT2D eigenvalue weighted by molar-refractivity contribution is 0.0255. The number of nitrogens with one attached hydrogen (secondary N) is 1. The molecule has 1 heterocycles. The van der Waals surface area contributed by atoms with E-state index in [1.165, 1.54) is 38.5 Å². The molecule has 1 N–H and O–H groups in total. The van der Waals surface area contributed by atoms with Crippen molar-refractivity contribution < 1.29 is 4.74 Å². The Morgan fingerprint density at radius 1 is 1.22 bits per heavy atom. The molecular formula is C19H29N3O. The van der Waals surface area contributed by atoms with Crippen LogP contribution in [0.25, 0.3) is 0 Å². The molecule has 126 valence electrons. The van der Waals surface area contributed by atoms with E-state index in [1.807, 2.05) is 6.20 Å². The summed E-state index contributed by atoms with van der Waals surface area (Å²) < 4.78 is 6.05. The van der Waals surface area contributed by atoms with Gasteiger partial charge in [-0.25, -0.2) is 0 Å². The summed E-state index contributed by atoms with van der Waals surface area (Å²) in [5.74, 6) is 0.311. The number of hydrogen-bond donors (Lipinski definition) is 1. The average molecular weight is 315 g/mol. The van der Waals surface area contributed by atoms with Gasteiger partial charge in [-0.1, -0.05) is 62.1 Å². The summed E-state index contributed by atoms with van der Waals surface area (Å²) in [6, 6.07) is 0. The van der Waals surface area contributed by atoms with E-state index >= 15 is 0 Å². The number of aromatic nitrogens is 3. The quantitative estimate of drug-likeness (QED) is 0.752. The van der Waals surface area contributed by atoms with Gasteiger partial charge >= 0.3 is 0 Å². The summed E-state index contributed by atoms with van der Waals surface area (Å²) >= 11 is 0. The maximum Gasteiger partial charge on any atom is 0.0901 e. The summed E-state index contributed by atoms with van der Waals surface area (Å²) in [7, 11) is 0. The van der Waals surface area contributed by atoms with Crippen molar-refractivity contribution in [3.63, 3.8) is 0 Å². The van der Waals surface area contributed by atoms with Crippen LogP contribution in [-0.4, -0.2) is 28.1 Å². The van der Waals surface area contributed by atoms with Gasteiger partial charge in [0.25, 0.3) is 0 Å². The molecule has 0 amide bonds. The molecular weight excluding hydrogens is 286 g/mol. The minimum Gasteiger partial charge on any atom is -0.378 e. The Bertz CT molecular complexity index is 517. The molecule has 2 aliphatic rings. The van der Waals surface area contributed by atoms with Crippen LogP contribution in [0, 0.1) is 5.41 Å². The van der Waals surface area contributed by atoms with E-state index in [1.54, 1.807) is 0 Å². The third-order valence-electron chi connectivity index (χ3n) is 5.37. The van der Waals surface area contributed by atoms with E-state index in [9.17, 15) is 0 Å². The molecule has 0 radical (unpaired) electrons. The normalized spacial score (nSPS) is 28.3. The monoisotopic (exact) mass is 315 g/mol. The summed E-state index contributed by atoms with van der Waals surface area (Å²) in [5, 5.41) is 10.9. The molecule has 0 spiro atoms. The van der Waals surface area contributed by atoms with Gasteiger partial charge in [0, 0.05) is 18.7 Å². The number of unbranched alkanes of at least 4 members (excludes halogenated alkanes) is 1. The zero-order valence-corrected chi connectivity index (χ0v) is 14.2. The highest BCUT2D eigenvalue weighted by atomic mass is 16.5. The number of ether oxygens (including phenoxy) is 1. The number of aromatic amines is 1. The van der Waals surface area contributed by atoms with Crippen LogP contribution in [0.2, 0.25) is 0 Å². The van der Waals surface area contributed by atoms with Gasteiger partial charge in [-0.2, -0.15) is 0 Å². The number of hydrogen-bond acceptors (Lipinski definition) is 3. The molecule has 2 aliphatic carbocycles. The third-order valence-corrected chi connectivity index (χ3v) is 5.37. The Hall–Kier alpha value is -1.42. The molecule has 0 bridgehead atoms. The number of H-pyrrole nitrogens is 1. The molecule has 0 aliphatic heterocycles. The second kappa shape index (κ2) is 7.91. The van der Waals surface area contributed by atoms with Crippen molar-refractivity contribution in [3.8, 4) is 0 Å². The van der Waals surface area contributed by atoms with Crippen molar-refractivity contribution >= 4 is 0 Å². The minimum atomic E-state index is 0.121. The molecule has 1 aromatic heterocycles. The standard InChI is InChI=1S/C19H29N3O/c1-19(12-6-5-11-17(19)18-15-20-22-21-18)13-7-8-14-23-16-9-3-2-4-10-16/h5-6,11-12,15-17H,2-4,7-10,13-14H2,1H3,(H,20,21,22). The van der Waals surface area contributed by atoms with Crippen LogP contribution in [0.4, 0.5) is 0 Å². The van der Waals surface area contributed by atoms with E-state index in [2.05, 4.69) is 46.6 Å². The molecule has 1 saturated carbocycles. The Balaban J connectivity index is 1.44. The number of rotatable bonds is 7. The zero-order chi connectivity index (χ0) is 16.0. The van der Waals surface area contributed by atoms with Gasteiger partial charge < -0.3 is 4.74 Å². The zero-order valence-electron chi connectivity index (χ0n) is 14.2. The maximum absolute atomic E-state index is 6.05. The van der Waals surface area contributed by atoms with Crippen LogP contribution in [-0.2, 0) is 4.74 Å². The first-order chi connectivity index (χ1) is 11.3. The van der Waals surface area contributed by atoms with Crippen LogP contribution in [0.5, 0.6) is 0 Å². The topological polar surface area (TPSA) is 50.8 Å². The summed E-state index contributed by atoms with van der Waals surface area (Å²) in [5.41, 5.74) is 1.16. The fraction of sp³-hybridized carbons (Fsp3) is 0.684. The highest BCUT2D eigenvalue weighted by Gasteiger charge is 2.33. The highest BCUT2D eigenvalue weighted by Crippen LogP contribution is 2.43. The first-order valence-corrected chi connectivity index (χ1v) is 9.12. The van der Waals surface area contributed by atoms with E-state index < -0.39 is 0 Å². The van der Waals surface area contributed by atoms with Crippen LogP contribution in [0.3, 0.4) is 0 Å². The Labute approximate surface area is 139 Å². The second-order valence-corrected chi connectivity index (χ2v) is 7.21. The van der Waals surface area contributed by atoms with E-state index in [4.69, 9.17) is 4.74 Å². The predicted octanol–water partition coefficient (Wildman–Crippen LogP) is 4.54. The van der Waals surface area contributed by atoms with E-state index in [0.717, 1.165) is 25.1 Å². The lowest BCUT2D eigenvalue weighted by atomic mass is 9.70. The van der Waals surface area contributed by atoms with Crippen molar-refractivity contribution in [2.45, 2.75) is 70.3 Å². The fourth-order valence-electron chi connectivity index (χ4n) is 3.90. The van der Waals surface area contributed by atoms with Crippen LogP contribution < -0.4 is 0 Å².